The van der Waals surface area contributed by atoms with E-state index in [-0.39, 0.29) is 24.3 Å². The van der Waals surface area contributed by atoms with Crippen LogP contribution in [0.1, 0.15) is 64.7 Å². The van der Waals surface area contributed by atoms with Crippen LogP contribution in [0, 0.1) is 0 Å². The summed E-state index contributed by atoms with van der Waals surface area (Å²) in [5, 5.41) is 17.6. The van der Waals surface area contributed by atoms with Gasteiger partial charge < -0.3 is 14.9 Å². The molecule has 0 aromatic rings. The lowest BCUT2D eigenvalue weighted by Crippen LogP contribution is -2.15. The highest BCUT2D eigenvalue weighted by atomic mass is 16.5. The number of hydrogen-bond acceptors (Lipinski definition) is 4. The topological polar surface area (TPSA) is 66.8 Å². The number of allylic oxidation sites excluding steroid dienone is 3. The first-order chi connectivity index (χ1) is 11.6. The molecule has 0 bridgehead atoms. The Bertz CT molecular complexity index is 403. The molecule has 3 atom stereocenters. The van der Waals surface area contributed by atoms with Gasteiger partial charge in [-0.25, -0.2) is 0 Å². The maximum Gasteiger partial charge on any atom is 0.303 e. The summed E-state index contributed by atoms with van der Waals surface area (Å²) < 4.78 is 4.97. The third-order valence-corrected chi connectivity index (χ3v) is 3.99. The van der Waals surface area contributed by atoms with Gasteiger partial charge in [0, 0.05) is 6.92 Å². The molecule has 24 heavy (non-hydrogen) atoms. The van der Waals surface area contributed by atoms with Crippen LogP contribution in [0.25, 0.3) is 0 Å². The van der Waals surface area contributed by atoms with E-state index in [1.54, 1.807) is 0 Å². The Balaban J connectivity index is 0.000000185. The van der Waals surface area contributed by atoms with Crippen LogP contribution in [-0.2, 0) is 9.53 Å². The zero-order valence-electron chi connectivity index (χ0n) is 14.8. The van der Waals surface area contributed by atoms with Crippen molar-refractivity contribution in [2.24, 2.45) is 0 Å². The molecule has 0 aliphatic heterocycles. The molecule has 0 aromatic carbocycles. The van der Waals surface area contributed by atoms with E-state index < -0.39 is 0 Å². The number of aliphatic hydroxyl groups is 2. The number of aliphatic hydroxyl groups excluding tert-OH is 2. The predicted octanol–water partition coefficient (Wildman–Crippen LogP) is 3.83. The van der Waals surface area contributed by atoms with Crippen molar-refractivity contribution in [3.8, 4) is 0 Å². The van der Waals surface area contributed by atoms with Crippen LogP contribution >= 0.6 is 0 Å². The molecule has 2 N–H and O–H groups in total. The van der Waals surface area contributed by atoms with Crippen molar-refractivity contribution in [1.29, 1.82) is 0 Å². The molecule has 4 heteroatoms. The molecule has 136 valence electrons. The average Bonchev–Trinajstić information content (AvgIpc) is 2.58. The molecule has 0 heterocycles. The fourth-order valence-electron chi connectivity index (χ4n) is 2.68. The molecule has 0 radical (unpaired) electrons. The van der Waals surface area contributed by atoms with Crippen molar-refractivity contribution in [3.63, 3.8) is 0 Å². The van der Waals surface area contributed by atoms with Gasteiger partial charge in [0.1, 0.15) is 6.10 Å². The summed E-state index contributed by atoms with van der Waals surface area (Å²) >= 11 is 0. The van der Waals surface area contributed by atoms with Gasteiger partial charge in [-0.1, -0.05) is 30.4 Å². The Hall–Kier alpha value is -1.39. The van der Waals surface area contributed by atoms with Crippen LogP contribution in [0.5, 0.6) is 0 Å². The van der Waals surface area contributed by atoms with Gasteiger partial charge in [0.05, 0.1) is 12.2 Å². The standard InChI is InChI=1S/C8H12O2.2C6H10O/c1-7(9)10-8-5-3-2-4-6-8;2*7-6-4-2-1-3-5-6/h3,5,8H,2,4,6H2,1H3;2*2,4,6-7H,1,3,5H2/t;6-;/m.0./s1. The summed E-state index contributed by atoms with van der Waals surface area (Å²) in [6.45, 7) is 1.45. The maximum atomic E-state index is 10.5. The minimum Gasteiger partial charge on any atom is -0.458 e. The van der Waals surface area contributed by atoms with E-state index in [0.29, 0.717) is 0 Å². The molecule has 0 saturated heterocycles. The lowest BCUT2D eigenvalue weighted by Gasteiger charge is -2.15. The summed E-state index contributed by atoms with van der Waals surface area (Å²) in [4.78, 5) is 10.5. The predicted molar refractivity (Wildman–Crippen MR) is 96.5 cm³/mol. The summed E-state index contributed by atoms with van der Waals surface area (Å²) in [5.41, 5.74) is 0. The van der Waals surface area contributed by atoms with Crippen LogP contribution < -0.4 is 0 Å². The van der Waals surface area contributed by atoms with Gasteiger partial charge in [-0.15, -0.1) is 0 Å². The van der Waals surface area contributed by atoms with Gasteiger partial charge in [0.15, 0.2) is 0 Å². The van der Waals surface area contributed by atoms with Crippen molar-refractivity contribution in [2.75, 3.05) is 0 Å². The van der Waals surface area contributed by atoms with E-state index in [2.05, 4.69) is 6.08 Å². The first-order valence-electron chi connectivity index (χ1n) is 9.11. The van der Waals surface area contributed by atoms with Crippen molar-refractivity contribution < 1.29 is 19.7 Å². The molecular weight excluding hydrogens is 304 g/mol. The zero-order chi connectivity index (χ0) is 17.6. The number of esters is 1. The van der Waals surface area contributed by atoms with E-state index in [4.69, 9.17) is 14.9 Å². The molecule has 3 aliphatic carbocycles. The molecule has 0 aromatic heterocycles. The normalized spacial score (nSPS) is 28.0. The first kappa shape index (κ1) is 20.7. The Morgan fingerprint density at radius 3 is 1.54 bits per heavy atom. The van der Waals surface area contributed by atoms with Gasteiger partial charge in [-0.3, -0.25) is 4.79 Å². The second-order valence-corrected chi connectivity index (χ2v) is 6.36. The number of carbonyl (C=O) groups is 1. The monoisotopic (exact) mass is 336 g/mol. The first-order valence-corrected chi connectivity index (χ1v) is 9.11. The molecule has 3 rings (SSSR count). The number of ether oxygens (including phenoxy) is 1. The molecule has 3 aliphatic rings. The largest absolute Gasteiger partial charge is 0.458 e. The SMILES string of the molecule is CC(=O)OC1C=CCCC1.OC1C=CCCC1.O[C@H]1C=CCCC1. The Morgan fingerprint density at radius 2 is 1.29 bits per heavy atom. The minimum absolute atomic E-state index is 0.0475. The lowest BCUT2D eigenvalue weighted by atomic mass is 10.1. The van der Waals surface area contributed by atoms with Crippen LogP contribution in [0.2, 0.25) is 0 Å². The Kier molecular flexibility index (Phi) is 11.2. The molecule has 4 nitrogen and oxygen atoms in total. The van der Waals surface area contributed by atoms with Gasteiger partial charge in [0.2, 0.25) is 0 Å². The molecule has 0 saturated carbocycles. The average molecular weight is 336 g/mol. The highest BCUT2D eigenvalue weighted by Crippen LogP contribution is 2.13. The molecule has 0 spiro atoms. The summed E-state index contributed by atoms with van der Waals surface area (Å²) in [6.07, 6.45) is 21.3. The van der Waals surface area contributed by atoms with E-state index in [1.165, 1.54) is 6.92 Å². The Labute approximate surface area is 145 Å². The molecule has 0 fully saturated rings. The third-order valence-electron chi connectivity index (χ3n) is 3.99. The molecular formula is C20H32O4. The number of rotatable bonds is 1. The lowest BCUT2D eigenvalue weighted by molar-refractivity contribution is -0.144. The zero-order valence-corrected chi connectivity index (χ0v) is 14.8. The third kappa shape index (κ3) is 11.2. The highest BCUT2D eigenvalue weighted by molar-refractivity contribution is 5.66. The number of hydrogen-bond donors (Lipinski definition) is 2. The van der Waals surface area contributed by atoms with Gasteiger partial charge in [-0.05, 0) is 63.9 Å². The van der Waals surface area contributed by atoms with Crippen LogP contribution in [-0.4, -0.2) is 34.5 Å². The highest BCUT2D eigenvalue weighted by Gasteiger charge is 2.09. The van der Waals surface area contributed by atoms with Crippen LogP contribution in [0.15, 0.2) is 36.5 Å². The second kappa shape index (κ2) is 13.0. The van der Waals surface area contributed by atoms with E-state index in [0.717, 1.165) is 57.8 Å². The summed E-state index contributed by atoms with van der Waals surface area (Å²) in [7, 11) is 0. The van der Waals surface area contributed by atoms with Crippen LogP contribution in [0.4, 0.5) is 0 Å². The Morgan fingerprint density at radius 1 is 0.833 bits per heavy atom. The van der Waals surface area contributed by atoms with Crippen molar-refractivity contribution in [3.05, 3.63) is 36.5 Å². The van der Waals surface area contributed by atoms with Crippen molar-refractivity contribution >= 4 is 5.97 Å². The van der Waals surface area contributed by atoms with E-state index in [9.17, 15) is 4.79 Å². The second-order valence-electron chi connectivity index (χ2n) is 6.36. The fraction of sp³-hybridized carbons (Fsp3) is 0.650. The fourth-order valence-corrected chi connectivity index (χ4v) is 2.68. The van der Waals surface area contributed by atoms with Gasteiger partial charge in [0.25, 0.3) is 0 Å². The van der Waals surface area contributed by atoms with Crippen molar-refractivity contribution in [2.45, 2.75) is 83.0 Å². The van der Waals surface area contributed by atoms with Gasteiger partial charge in [-0.2, -0.15) is 0 Å². The van der Waals surface area contributed by atoms with E-state index in [1.807, 2.05) is 30.4 Å². The van der Waals surface area contributed by atoms with Crippen LogP contribution in [0.3, 0.4) is 0 Å². The van der Waals surface area contributed by atoms with E-state index >= 15 is 0 Å². The minimum atomic E-state index is -0.184. The smallest absolute Gasteiger partial charge is 0.303 e. The summed E-state index contributed by atoms with van der Waals surface area (Å²) in [5.74, 6) is -0.184. The van der Waals surface area contributed by atoms with Crippen molar-refractivity contribution in [1.82, 2.24) is 0 Å². The quantitative estimate of drug-likeness (QED) is 0.564. The maximum absolute atomic E-state index is 10.5. The summed E-state index contributed by atoms with van der Waals surface area (Å²) in [6, 6.07) is 0. The van der Waals surface area contributed by atoms with Gasteiger partial charge >= 0.3 is 5.97 Å². The molecule has 2 unspecified atom stereocenters. The number of carbonyl (C=O) groups excluding carboxylic acids is 1. The molecule has 0 amide bonds.